The van der Waals surface area contributed by atoms with Crippen molar-refractivity contribution in [2.45, 2.75) is 0 Å². The Morgan fingerprint density at radius 1 is 1.28 bits per heavy atom. The molecular weight excluding hydrogens is 262 g/mol. The lowest BCUT2D eigenvalue weighted by atomic mass is 10.2. The van der Waals surface area contributed by atoms with Gasteiger partial charge in [0.05, 0.1) is 11.3 Å². The first-order chi connectivity index (χ1) is 8.58. The molecule has 0 radical (unpaired) electrons. The van der Waals surface area contributed by atoms with Gasteiger partial charge in [-0.2, -0.15) is 4.39 Å². The van der Waals surface area contributed by atoms with Crippen LogP contribution in [-0.4, -0.2) is 10.9 Å². The lowest BCUT2D eigenvalue weighted by Crippen LogP contribution is -2.15. The van der Waals surface area contributed by atoms with Crippen LogP contribution in [0, 0.1) is 11.8 Å². The highest BCUT2D eigenvalue weighted by Crippen LogP contribution is 2.19. The Balaban J connectivity index is 2.24. The molecule has 0 saturated carbocycles. The van der Waals surface area contributed by atoms with Crippen LogP contribution in [0.4, 0.5) is 14.5 Å². The second-order valence-corrected chi connectivity index (χ2v) is 3.86. The molecule has 0 spiro atoms. The van der Waals surface area contributed by atoms with Crippen molar-refractivity contribution in [3.8, 4) is 0 Å². The van der Waals surface area contributed by atoms with E-state index in [9.17, 15) is 13.6 Å². The van der Waals surface area contributed by atoms with Gasteiger partial charge in [-0.15, -0.1) is 0 Å². The molecule has 0 aliphatic heterocycles. The van der Waals surface area contributed by atoms with Gasteiger partial charge in [0.2, 0.25) is 5.95 Å². The van der Waals surface area contributed by atoms with Crippen LogP contribution in [0.25, 0.3) is 0 Å². The monoisotopic (exact) mass is 268 g/mol. The van der Waals surface area contributed by atoms with Gasteiger partial charge in [-0.25, -0.2) is 9.37 Å². The predicted octanol–water partition coefficient (Wildman–Crippen LogP) is 3.27. The summed E-state index contributed by atoms with van der Waals surface area (Å²) < 4.78 is 26.6. The lowest BCUT2D eigenvalue weighted by Gasteiger charge is -2.06. The number of carbonyl (C=O) groups is 1. The van der Waals surface area contributed by atoms with Crippen LogP contribution < -0.4 is 5.32 Å². The predicted molar refractivity (Wildman–Crippen MR) is 63.6 cm³/mol. The molecule has 6 heteroatoms. The fourth-order valence-corrected chi connectivity index (χ4v) is 1.49. The highest BCUT2D eigenvalue weighted by atomic mass is 35.5. The Morgan fingerprint density at radius 3 is 2.72 bits per heavy atom. The van der Waals surface area contributed by atoms with E-state index in [0.717, 1.165) is 6.07 Å². The Labute approximate surface area is 106 Å². The zero-order valence-corrected chi connectivity index (χ0v) is 9.71. The normalized spacial score (nSPS) is 10.2. The van der Waals surface area contributed by atoms with Gasteiger partial charge in [0.25, 0.3) is 5.91 Å². The maximum Gasteiger partial charge on any atom is 0.260 e. The van der Waals surface area contributed by atoms with Crippen LogP contribution in [0.15, 0.2) is 36.5 Å². The van der Waals surface area contributed by atoms with Crippen molar-refractivity contribution in [3.63, 3.8) is 0 Å². The Morgan fingerprint density at radius 2 is 2.06 bits per heavy atom. The standard InChI is InChI=1S/C12H7ClF2N2O/c13-7-3-4-10(9(14)6-7)17-12(18)8-2-1-5-16-11(8)15/h1-6H,(H,17,18). The first-order valence-corrected chi connectivity index (χ1v) is 5.32. The van der Waals surface area contributed by atoms with Crippen molar-refractivity contribution in [2.75, 3.05) is 5.32 Å². The largest absolute Gasteiger partial charge is 0.319 e. The molecule has 2 rings (SSSR count). The van der Waals surface area contributed by atoms with Crippen molar-refractivity contribution in [1.82, 2.24) is 4.98 Å². The van der Waals surface area contributed by atoms with Crippen LogP contribution in [0.3, 0.4) is 0 Å². The minimum Gasteiger partial charge on any atom is -0.319 e. The average Bonchev–Trinajstić information content (AvgIpc) is 2.33. The number of hydrogen-bond donors (Lipinski definition) is 1. The van der Waals surface area contributed by atoms with Crippen LogP contribution in [0.2, 0.25) is 5.02 Å². The first-order valence-electron chi connectivity index (χ1n) is 4.95. The maximum atomic E-state index is 13.4. The summed E-state index contributed by atoms with van der Waals surface area (Å²) in [6.07, 6.45) is 1.22. The van der Waals surface area contributed by atoms with Crippen LogP contribution in [0.1, 0.15) is 10.4 Å². The fraction of sp³-hybridized carbons (Fsp3) is 0. The van der Waals surface area contributed by atoms with Gasteiger partial charge in [-0.1, -0.05) is 11.6 Å². The highest BCUT2D eigenvalue weighted by molar-refractivity contribution is 6.30. The van der Waals surface area contributed by atoms with Gasteiger partial charge in [-0.05, 0) is 30.3 Å². The third kappa shape index (κ3) is 2.62. The third-order valence-electron chi connectivity index (χ3n) is 2.18. The minimum absolute atomic E-state index is 0.0762. The molecule has 1 amide bonds. The molecule has 0 bridgehead atoms. The number of nitrogens with zero attached hydrogens (tertiary/aromatic N) is 1. The molecule has 3 nitrogen and oxygen atoms in total. The first kappa shape index (κ1) is 12.4. The van der Waals surface area contributed by atoms with Crippen molar-refractivity contribution in [1.29, 1.82) is 0 Å². The van der Waals surface area contributed by atoms with Gasteiger partial charge in [0.1, 0.15) is 5.82 Å². The summed E-state index contributed by atoms with van der Waals surface area (Å²) in [5, 5.41) is 2.45. The van der Waals surface area contributed by atoms with Gasteiger partial charge in [-0.3, -0.25) is 4.79 Å². The molecule has 2 aromatic rings. The molecule has 0 aliphatic carbocycles. The van der Waals surface area contributed by atoms with E-state index in [1.807, 2.05) is 0 Å². The van der Waals surface area contributed by atoms with E-state index >= 15 is 0 Å². The van der Waals surface area contributed by atoms with E-state index in [4.69, 9.17) is 11.6 Å². The van der Waals surface area contributed by atoms with Gasteiger partial charge in [0, 0.05) is 11.2 Å². The lowest BCUT2D eigenvalue weighted by molar-refractivity contribution is 0.102. The quantitative estimate of drug-likeness (QED) is 0.850. The van der Waals surface area contributed by atoms with Gasteiger partial charge in [0.15, 0.2) is 0 Å². The minimum atomic E-state index is -0.913. The van der Waals surface area contributed by atoms with Crippen molar-refractivity contribution in [3.05, 3.63) is 58.9 Å². The van der Waals surface area contributed by atoms with Crippen LogP contribution in [0.5, 0.6) is 0 Å². The Hall–Kier alpha value is -2.01. The zero-order valence-electron chi connectivity index (χ0n) is 8.95. The number of benzene rings is 1. The number of aromatic nitrogens is 1. The number of nitrogens with one attached hydrogen (secondary N) is 1. The third-order valence-corrected chi connectivity index (χ3v) is 2.42. The second kappa shape index (κ2) is 5.10. The molecule has 1 N–H and O–H groups in total. The number of anilines is 1. The van der Waals surface area contributed by atoms with Crippen molar-refractivity contribution < 1.29 is 13.6 Å². The van der Waals surface area contributed by atoms with Gasteiger partial charge < -0.3 is 5.32 Å². The molecule has 18 heavy (non-hydrogen) atoms. The Kier molecular flexibility index (Phi) is 3.53. The van der Waals surface area contributed by atoms with E-state index in [1.54, 1.807) is 0 Å². The molecule has 0 saturated heterocycles. The molecular formula is C12H7ClF2N2O. The molecule has 0 atom stereocenters. The topological polar surface area (TPSA) is 42.0 Å². The summed E-state index contributed by atoms with van der Waals surface area (Å²) in [6, 6.07) is 6.43. The average molecular weight is 269 g/mol. The maximum absolute atomic E-state index is 13.4. The summed E-state index contributed by atoms with van der Waals surface area (Å²) >= 11 is 5.57. The van der Waals surface area contributed by atoms with Crippen LogP contribution >= 0.6 is 11.6 Å². The Bertz CT molecular complexity index is 604. The zero-order chi connectivity index (χ0) is 13.1. The summed E-state index contributed by atoms with van der Waals surface area (Å²) in [6.45, 7) is 0. The summed E-state index contributed by atoms with van der Waals surface area (Å²) in [4.78, 5) is 15.0. The molecule has 1 heterocycles. The number of pyridine rings is 1. The molecule has 0 fully saturated rings. The van der Waals surface area contributed by atoms with Gasteiger partial charge >= 0.3 is 0 Å². The van der Waals surface area contributed by atoms with E-state index in [-0.39, 0.29) is 16.3 Å². The smallest absolute Gasteiger partial charge is 0.260 e. The number of rotatable bonds is 2. The second-order valence-electron chi connectivity index (χ2n) is 3.42. The van der Waals surface area contributed by atoms with E-state index in [1.165, 1.54) is 30.5 Å². The molecule has 92 valence electrons. The van der Waals surface area contributed by atoms with E-state index in [0.29, 0.717) is 0 Å². The summed E-state index contributed by atoms with van der Waals surface area (Å²) in [5.74, 6) is -2.38. The number of halogens is 3. The summed E-state index contributed by atoms with van der Waals surface area (Å²) in [5.41, 5.74) is -0.334. The molecule has 0 unspecified atom stereocenters. The molecule has 1 aromatic carbocycles. The number of amides is 1. The van der Waals surface area contributed by atoms with Crippen LogP contribution in [-0.2, 0) is 0 Å². The fourth-order valence-electron chi connectivity index (χ4n) is 1.34. The van der Waals surface area contributed by atoms with E-state index < -0.39 is 17.7 Å². The number of carbonyl (C=O) groups excluding carboxylic acids is 1. The summed E-state index contributed by atoms with van der Waals surface area (Å²) in [7, 11) is 0. The number of hydrogen-bond acceptors (Lipinski definition) is 2. The highest BCUT2D eigenvalue weighted by Gasteiger charge is 2.14. The van der Waals surface area contributed by atoms with Crippen molar-refractivity contribution >= 4 is 23.2 Å². The molecule has 0 aliphatic rings. The van der Waals surface area contributed by atoms with E-state index in [2.05, 4.69) is 10.3 Å². The molecule has 1 aromatic heterocycles. The SMILES string of the molecule is O=C(Nc1ccc(Cl)cc1F)c1cccnc1F. The van der Waals surface area contributed by atoms with Crippen molar-refractivity contribution in [2.24, 2.45) is 0 Å².